The summed E-state index contributed by atoms with van der Waals surface area (Å²) < 4.78 is 30.0. The molecule has 1 aromatic heterocycles. The molecular weight excluding hydrogens is 290 g/mol. The number of rotatable bonds is 3. The first-order valence-corrected chi connectivity index (χ1v) is 8.13. The molecule has 0 saturated carbocycles. The van der Waals surface area contributed by atoms with Crippen LogP contribution in [0.1, 0.15) is 0 Å². The summed E-state index contributed by atoms with van der Waals surface area (Å²) in [5.41, 5.74) is 0. The van der Waals surface area contributed by atoms with Gasteiger partial charge in [0.25, 0.3) is 0 Å². The Kier molecular flexibility index (Phi) is 3.85. The molecule has 1 saturated heterocycles. The smallest absolute Gasteiger partial charge is 0.225 e. The topological polar surface area (TPSA) is 72.4 Å². The lowest BCUT2D eigenvalue weighted by atomic mass is 10.4. The average Bonchev–Trinajstić information content (AvgIpc) is 2.57. The number of sulfone groups is 1. The van der Waals surface area contributed by atoms with Gasteiger partial charge in [-0.05, 0) is 24.3 Å². The molecule has 110 valence electrons. The van der Waals surface area contributed by atoms with Gasteiger partial charge in [-0.3, -0.25) is 0 Å². The largest absolute Gasteiger partial charge is 0.378 e. The van der Waals surface area contributed by atoms with Gasteiger partial charge in [-0.1, -0.05) is 18.2 Å². The third-order valence-corrected chi connectivity index (χ3v) is 4.95. The fourth-order valence-electron chi connectivity index (χ4n) is 2.14. The number of aromatic nitrogens is 2. The van der Waals surface area contributed by atoms with Gasteiger partial charge >= 0.3 is 0 Å². The van der Waals surface area contributed by atoms with Crippen LogP contribution in [-0.4, -0.2) is 44.9 Å². The van der Waals surface area contributed by atoms with Crippen molar-refractivity contribution in [3.63, 3.8) is 0 Å². The summed E-state index contributed by atoms with van der Waals surface area (Å²) in [5.74, 6) is 0.672. The van der Waals surface area contributed by atoms with Gasteiger partial charge in [-0.2, -0.15) is 0 Å². The van der Waals surface area contributed by atoms with Gasteiger partial charge < -0.3 is 9.64 Å². The molecule has 0 N–H and O–H groups in total. The molecule has 2 aromatic rings. The first-order chi connectivity index (χ1) is 10.2. The minimum absolute atomic E-state index is 0.0364. The lowest BCUT2D eigenvalue weighted by Crippen LogP contribution is -2.36. The highest BCUT2D eigenvalue weighted by Gasteiger charge is 2.20. The van der Waals surface area contributed by atoms with Crippen molar-refractivity contribution in [2.75, 3.05) is 31.2 Å². The minimum Gasteiger partial charge on any atom is -0.378 e. The second kappa shape index (κ2) is 5.79. The fraction of sp³-hybridized carbons (Fsp3) is 0.286. The first kappa shape index (κ1) is 14.0. The normalized spacial score (nSPS) is 15.9. The van der Waals surface area contributed by atoms with Crippen molar-refractivity contribution >= 4 is 15.7 Å². The summed E-state index contributed by atoms with van der Waals surface area (Å²) in [6.07, 6.45) is 0. The molecule has 0 radical (unpaired) electrons. The van der Waals surface area contributed by atoms with Crippen LogP contribution in [0, 0.1) is 0 Å². The summed E-state index contributed by atoms with van der Waals surface area (Å²) in [7, 11) is -3.60. The van der Waals surface area contributed by atoms with Crippen LogP contribution in [0.2, 0.25) is 0 Å². The Labute approximate surface area is 123 Å². The standard InChI is InChI=1S/C14H15N3O3S/c18-21(19,12-4-2-1-3-5-12)14-7-6-13(15-16-14)17-8-10-20-11-9-17/h1-7H,8-11H2. The Bertz CT molecular complexity index is 696. The molecule has 0 atom stereocenters. The Morgan fingerprint density at radius 1 is 0.952 bits per heavy atom. The zero-order chi connectivity index (χ0) is 14.7. The van der Waals surface area contributed by atoms with Crippen LogP contribution >= 0.6 is 0 Å². The van der Waals surface area contributed by atoms with Gasteiger partial charge in [0.1, 0.15) is 0 Å². The summed E-state index contributed by atoms with van der Waals surface area (Å²) in [5, 5.41) is 7.88. The van der Waals surface area contributed by atoms with Gasteiger partial charge in [0, 0.05) is 13.1 Å². The van der Waals surface area contributed by atoms with Crippen molar-refractivity contribution in [1.82, 2.24) is 10.2 Å². The van der Waals surface area contributed by atoms with Crippen LogP contribution < -0.4 is 4.90 Å². The van der Waals surface area contributed by atoms with Gasteiger partial charge in [0.05, 0.1) is 18.1 Å². The van der Waals surface area contributed by atoms with Crippen molar-refractivity contribution < 1.29 is 13.2 Å². The van der Waals surface area contributed by atoms with Crippen LogP contribution in [0.15, 0.2) is 52.4 Å². The molecule has 1 aliphatic heterocycles. The molecule has 1 aliphatic rings. The van der Waals surface area contributed by atoms with Crippen LogP contribution in [0.3, 0.4) is 0 Å². The van der Waals surface area contributed by atoms with E-state index in [4.69, 9.17) is 4.74 Å². The summed E-state index contributed by atoms with van der Waals surface area (Å²) >= 11 is 0. The van der Waals surface area contributed by atoms with E-state index in [1.165, 1.54) is 6.07 Å². The van der Waals surface area contributed by atoms with Crippen LogP contribution in [0.25, 0.3) is 0 Å². The molecule has 1 fully saturated rings. The maximum atomic E-state index is 12.4. The predicted octanol–water partition coefficient (Wildman–Crippen LogP) is 1.15. The van der Waals surface area contributed by atoms with Gasteiger partial charge in [0.2, 0.25) is 9.84 Å². The van der Waals surface area contributed by atoms with Crippen molar-refractivity contribution in [1.29, 1.82) is 0 Å². The third-order valence-electron chi connectivity index (χ3n) is 3.29. The first-order valence-electron chi connectivity index (χ1n) is 6.64. The Hall–Kier alpha value is -1.99. The van der Waals surface area contributed by atoms with E-state index in [1.54, 1.807) is 36.4 Å². The summed E-state index contributed by atoms with van der Waals surface area (Å²) in [4.78, 5) is 2.24. The highest BCUT2D eigenvalue weighted by Crippen LogP contribution is 2.20. The molecule has 6 nitrogen and oxygen atoms in total. The number of hydrogen-bond donors (Lipinski definition) is 0. The van der Waals surface area contributed by atoms with Gasteiger partial charge in [-0.25, -0.2) is 8.42 Å². The average molecular weight is 305 g/mol. The van der Waals surface area contributed by atoms with Gasteiger partial charge in [-0.15, -0.1) is 10.2 Å². The lowest BCUT2D eigenvalue weighted by molar-refractivity contribution is 0.122. The second-order valence-corrected chi connectivity index (χ2v) is 6.54. The second-order valence-electron chi connectivity index (χ2n) is 4.65. The molecule has 21 heavy (non-hydrogen) atoms. The van der Waals surface area contributed by atoms with E-state index >= 15 is 0 Å². The number of hydrogen-bond acceptors (Lipinski definition) is 6. The molecule has 3 rings (SSSR count). The molecule has 0 bridgehead atoms. The quantitative estimate of drug-likeness (QED) is 0.847. The molecule has 7 heteroatoms. The van der Waals surface area contributed by atoms with Crippen LogP contribution in [0.5, 0.6) is 0 Å². The van der Waals surface area contributed by atoms with E-state index in [1.807, 2.05) is 4.90 Å². The highest BCUT2D eigenvalue weighted by atomic mass is 32.2. The Morgan fingerprint density at radius 2 is 1.67 bits per heavy atom. The van der Waals surface area contributed by atoms with Crippen molar-refractivity contribution in [3.8, 4) is 0 Å². The number of ether oxygens (including phenoxy) is 1. The Balaban J connectivity index is 1.87. The minimum atomic E-state index is -3.60. The number of nitrogens with zero attached hydrogens (tertiary/aromatic N) is 3. The molecule has 0 amide bonds. The molecule has 1 aromatic carbocycles. The lowest BCUT2D eigenvalue weighted by Gasteiger charge is -2.27. The number of morpholine rings is 1. The number of benzene rings is 1. The predicted molar refractivity (Wildman–Crippen MR) is 77.0 cm³/mol. The SMILES string of the molecule is O=S(=O)(c1ccccc1)c1ccc(N2CCOCC2)nn1. The zero-order valence-corrected chi connectivity index (χ0v) is 12.2. The van der Waals surface area contributed by atoms with E-state index in [2.05, 4.69) is 10.2 Å². The number of anilines is 1. The van der Waals surface area contributed by atoms with Crippen molar-refractivity contribution in [2.24, 2.45) is 0 Å². The Morgan fingerprint density at radius 3 is 2.29 bits per heavy atom. The van der Waals surface area contributed by atoms with Crippen molar-refractivity contribution in [3.05, 3.63) is 42.5 Å². The maximum absolute atomic E-state index is 12.4. The zero-order valence-electron chi connectivity index (χ0n) is 11.3. The fourth-order valence-corrected chi connectivity index (χ4v) is 3.29. The van der Waals surface area contributed by atoms with Crippen molar-refractivity contribution in [2.45, 2.75) is 9.92 Å². The van der Waals surface area contributed by atoms with E-state index in [0.717, 1.165) is 13.1 Å². The molecule has 0 unspecified atom stereocenters. The summed E-state index contributed by atoms with van der Waals surface area (Å²) in [6.45, 7) is 2.76. The van der Waals surface area contributed by atoms with E-state index in [0.29, 0.717) is 19.0 Å². The van der Waals surface area contributed by atoms with Crippen LogP contribution in [-0.2, 0) is 14.6 Å². The maximum Gasteiger partial charge on any atom is 0.225 e. The monoisotopic (exact) mass is 305 g/mol. The molecule has 0 aliphatic carbocycles. The van der Waals surface area contributed by atoms with Crippen LogP contribution in [0.4, 0.5) is 5.82 Å². The molecule has 0 spiro atoms. The molecular formula is C14H15N3O3S. The summed E-state index contributed by atoms with van der Waals surface area (Å²) in [6, 6.07) is 11.4. The third kappa shape index (κ3) is 2.88. The van der Waals surface area contributed by atoms with E-state index in [-0.39, 0.29) is 9.92 Å². The highest BCUT2D eigenvalue weighted by molar-refractivity contribution is 7.91. The molecule has 2 heterocycles. The van der Waals surface area contributed by atoms with E-state index in [9.17, 15) is 8.42 Å². The van der Waals surface area contributed by atoms with E-state index < -0.39 is 9.84 Å². The van der Waals surface area contributed by atoms with Gasteiger partial charge in [0.15, 0.2) is 10.8 Å².